The number of benzene rings is 2. The number of thiophene rings is 1. The van der Waals surface area contributed by atoms with E-state index >= 15 is 0 Å². The number of para-hydroxylation sites is 1. The first-order chi connectivity index (χ1) is 14.6. The number of carbonyl (C=O) groups excluding carboxylic acids is 1. The van der Waals surface area contributed by atoms with Crippen molar-refractivity contribution in [1.82, 2.24) is 4.98 Å². The van der Waals surface area contributed by atoms with Crippen molar-refractivity contribution in [1.29, 1.82) is 0 Å². The highest BCUT2D eigenvalue weighted by molar-refractivity contribution is 7.20. The molecule has 0 aliphatic carbocycles. The zero-order chi connectivity index (χ0) is 22.3. The highest BCUT2D eigenvalue weighted by Gasteiger charge is 2.32. The van der Waals surface area contributed by atoms with Gasteiger partial charge in [-0.25, -0.2) is 14.2 Å². The van der Waals surface area contributed by atoms with E-state index in [-0.39, 0.29) is 21.1 Å². The Morgan fingerprint density at radius 1 is 1.06 bits per heavy atom. The molecule has 0 aliphatic rings. The number of carbonyl (C=O) groups is 2. The number of aromatic nitrogens is 1. The third-order valence-corrected chi connectivity index (χ3v) is 6.24. The molecule has 5 nitrogen and oxygen atoms in total. The quantitative estimate of drug-likeness (QED) is 0.355. The van der Waals surface area contributed by atoms with Crippen LogP contribution in [-0.4, -0.2) is 22.0 Å². The number of anilines is 1. The summed E-state index contributed by atoms with van der Waals surface area (Å²) in [5.74, 6) is -3.33. The van der Waals surface area contributed by atoms with Crippen molar-refractivity contribution in [2.24, 2.45) is 0 Å². The minimum Gasteiger partial charge on any atom is -0.478 e. The standard InChI is InChI=1S/C20H10F4N2O3S2/c21-12-7-9(20(22,23)24)5-6-10(12)11-8-30-17(15(11)19(28)29)26-16(27)18-25-13-3-1-2-4-14(13)31-18/h1-8H,(H,26,27)(H,28,29). The van der Waals surface area contributed by atoms with E-state index in [1.54, 1.807) is 24.3 Å². The summed E-state index contributed by atoms with van der Waals surface area (Å²) in [4.78, 5) is 28.6. The number of thiazole rings is 1. The van der Waals surface area contributed by atoms with Crippen LogP contribution in [0.15, 0.2) is 47.8 Å². The number of fused-ring (bicyclic) bond motifs is 1. The number of halogens is 4. The fraction of sp³-hybridized carbons (Fsp3) is 0.0500. The largest absolute Gasteiger partial charge is 0.478 e. The van der Waals surface area contributed by atoms with Crippen LogP contribution < -0.4 is 5.32 Å². The summed E-state index contributed by atoms with van der Waals surface area (Å²) in [5, 5.41) is 13.4. The van der Waals surface area contributed by atoms with Crippen LogP contribution >= 0.6 is 22.7 Å². The molecule has 2 aromatic heterocycles. The number of amides is 1. The van der Waals surface area contributed by atoms with Crippen molar-refractivity contribution < 1.29 is 32.3 Å². The smallest absolute Gasteiger partial charge is 0.416 e. The van der Waals surface area contributed by atoms with Crippen LogP contribution in [0.4, 0.5) is 22.6 Å². The van der Waals surface area contributed by atoms with Crippen LogP contribution in [0, 0.1) is 5.82 Å². The first-order valence-corrected chi connectivity index (χ1v) is 10.2. The Labute approximate surface area is 179 Å². The monoisotopic (exact) mass is 466 g/mol. The second kappa shape index (κ2) is 7.75. The van der Waals surface area contributed by atoms with Gasteiger partial charge in [-0.3, -0.25) is 4.79 Å². The maximum Gasteiger partial charge on any atom is 0.416 e. The number of carboxylic acid groups (broad SMARTS) is 1. The molecular formula is C20H10F4N2O3S2. The number of hydrogen-bond donors (Lipinski definition) is 2. The first-order valence-electron chi connectivity index (χ1n) is 8.54. The van der Waals surface area contributed by atoms with Crippen molar-refractivity contribution >= 4 is 49.8 Å². The Morgan fingerprint density at radius 3 is 2.45 bits per heavy atom. The zero-order valence-corrected chi connectivity index (χ0v) is 16.8. The summed E-state index contributed by atoms with van der Waals surface area (Å²) >= 11 is 1.94. The molecule has 31 heavy (non-hydrogen) atoms. The maximum absolute atomic E-state index is 14.4. The average molecular weight is 466 g/mol. The zero-order valence-electron chi connectivity index (χ0n) is 15.2. The Kier molecular flexibility index (Phi) is 5.23. The predicted octanol–water partition coefficient (Wildman–Crippen LogP) is 6.13. The van der Waals surface area contributed by atoms with E-state index in [9.17, 15) is 32.3 Å². The number of rotatable bonds is 4. The van der Waals surface area contributed by atoms with Gasteiger partial charge in [0.05, 0.1) is 15.8 Å². The highest BCUT2D eigenvalue weighted by atomic mass is 32.1. The summed E-state index contributed by atoms with van der Waals surface area (Å²) < 4.78 is 53.5. The molecule has 0 radical (unpaired) electrons. The minimum atomic E-state index is -4.74. The van der Waals surface area contributed by atoms with Crippen molar-refractivity contribution in [2.45, 2.75) is 6.18 Å². The van der Waals surface area contributed by atoms with Crippen LogP contribution in [-0.2, 0) is 6.18 Å². The summed E-state index contributed by atoms with van der Waals surface area (Å²) in [6, 6.07) is 8.89. The van der Waals surface area contributed by atoms with E-state index in [0.717, 1.165) is 33.4 Å². The molecule has 2 N–H and O–H groups in total. The lowest BCUT2D eigenvalue weighted by Gasteiger charge is -2.09. The lowest BCUT2D eigenvalue weighted by Crippen LogP contribution is -2.13. The maximum atomic E-state index is 14.4. The second-order valence-electron chi connectivity index (χ2n) is 6.29. The number of hydrogen-bond acceptors (Lipinski definition) is 5. The number of aromatic carboxylic acids is 1. The third-order valence-electron chi connectivity index (χ3n) is 4.31. The predicted molar refractivity (Wildman–Crippen MR) is 109 cm³/mol. The normalized spacial score (nSPS) is 11.6. The molecule has 4 rings (SSSR count). The average Bonchev–Trinajstić information content (AvgIpc) is 3.31. The van der Waals surface area contributed by atoms with Gasteiger partial charge in [0.25, 0.3) is 5.91 Å². The molecule has 158 valence electrons. The Balaban J connectivity index is 1.69. The van der Waals surface area contributed by atoms with Crippen LogP contribution in [0.3, 0.4) is 0 Å². The Hall–Kier alpha value is -3.31. The van der Waals surface area contributed by atoms with Gasteiger partial charge in [-0.15, -0.1) is 22.7 Å². The Bertz CT molecular complexity index is 1290. The molecule has 0 spiro atoms. The van der Waals surface area contributed by atoms with Crippen LogP contribution in [0.1, 0.15) is 25.7 Å². The molecular weight excluding hydrogens is 456 g/mol. The third kappa shape index (κ3) is 4.01. The summed E-state index contributed by atoms with van der Waals surface area (Å²) in [5.41, 5.74) is -1.46. The first kappa shape index (κ1) is 20.9. The number of carboxylic acids is 1. The van der Waals surface area contributed by atoms with Gasteiger partial charge < -0.3 is 10.4 Å². The number of nitrogens with one attached hydrogen (secondary N) is 1. The fourth-order valence-corrected chi connectivity index (χ4v) is 4.70. The van der Waals surface area contributed by atoms with E-state index in [1.807, 2.05) is 0 Å². The van der Waals surface area contributed by atoms with Gasteiger partial charge in [0.2, 0.25) is 0 Å². The second-order valence-corrected chi connectivity index (χ2v) is 8.20. The molecule has 0 fully saturated rings. The van der Waals surface area contributed by atoms with E-state index in [1.165, 1.54) is 5.38 Å². The minimum absolute atomic E-state index is 0.0777. The van der Waals surface area contributed by atoms with Crippen LogP contribution in [0.5, 0.6) is 0 Å². The molecule has 0 saturated carbocycles. The van der Waals surface area contributed by atoms with E-state index in [0.29, 0.717) is 17.6 Å². The van der Waals surface area contributed by atoms with Crippen molar-refractivity contribution in [3.05, 3.63) is 69.8 Å². The van der Waals surface area contributed by atoms with Crippen molar-refractivity contribution in [3.8, 4) is 11.1 Å². The molecule has 0 bridgehead atoms. The van der Waals surface area contributed by atoms with Crippen molar-refractivity contribution in [2.75, 3.05) is 5.32 Å². The van der Waals surface area contributed by atoms with Crippen LogP contribution in [0.2, 0.25) is 0 Å². The van der Waals surface area contributed by atoms with Gasteiger partial charge in [-0.05, 0) is 24.3 Å². The van der Waals surface area contributed by atoms with Gasteiger partial charge in [-0.1, -0.05) is 18.2 Å². The molecule has 1 amide bonds. The highest BCUT2D eigenvalue weighted by Crippen LogP contribution is 2.39. The van der Waals surface area contributed by atoms with Gasteiger partial charge >= 0.3 is 12.1 Å². The lowest BCUT2D eigenvalue weighted by atomic mass is 10.0. The summed E-state index contributed by atoms with van der Waals surface area (Å²) in [7, 11) is 0. The van der Waals surface area contributed by atoms with E-state index in [2.05, 4.69) is 10.3 Å². The Morgan fingerprint density at radius 2 is 1.81 bits per heavy atom. The molecule has 0 saturated heterocycles. The lowest BCUT2D eigenvalue weighted by molar-refractivity contribution is -0.137. The molecule has 2 heterocycles. The van der Waals surface area contributed by atoms with E-state index < -0.39 is 35.0 Å². The van der Waals surface area contributed by atoms with Crippen molar-refractivity contribution in [3.63, 3.8) is 0 Å². The topological polar surface area (TPSA) is 79.3 Å². The van der Waals surface area contributed by atoms with Gasteiger partial charge in [0.1, 0.15) is 16.4 Å². The van der Waals surface area contributed by atoms with Gasteiger partial charge in [0.15, 0.2) is 5.01 Å². The fourth-order valence-electron chi connectivity index (χ4n) is 2.90. The molecule has 4 aromatic rings. The molecule has 0 unspecified atom stereocenters. The SMILES string of the molecule is O=C(Nc1scc(-c2ccc(C(F)(F)F)cc2F)c1C(=O)O)c1nc2ccccc2s1. The summed E-state index contributed by atoms with van der Waals surface area (Å²) in [6.45, 7) is 0. The van der Waals surface area contributed by atoms with Crippen LogP contribution in [0.25, 0.3) is 21.3 Å². The molecule has 2 aromatic carbocycles. The molecule has 0 aliphatic heterocycles. The van der Waals surface area contributed by atoms with E-state index in [4.69, 9.17) is 0 Å². The van der Waals surface area contributed by atoms with Gasteiger partial charge in [0, 0.05) is 16.5 Å². The number of nitrogens with zero attached hydrogens (tertiary/aromatic N) is 1. The molecule has 0 atom stereocenters. The summed E-state index contributed by atoms with van der Waals surface area (Å²) in [6.07, 6.45) is -4.74. The number of alkyl halides is 3. The van der Waals surface area contributed by atoms with Gasteiger partial charge in [-0.2, -0.15) is 13.2 Å². The molecule has 11 heteroatoms.